The van der Waals surface area contributed by atoms with Gasteiger partial charge in [0.2, 0.25) is 0 Å². The van der Waals surface area contributed by atoms with E-state index < -0.39 is 21.4 Å². The van der Waals surface area contributed by atoms with Gasteiger partial charge in [0.15, 0.2) is 5.82 Å². The Balaban J connectivity index is 1.65. The molecule has 0 aliphatic heterocycles. The molecule has 0 spiro atoms. The first-order valence-electron chi connectivity index (χ1n) is 10.4. The number of rotatable bonds is 6. The van der Waals surface area contributed by atoms with Crippen molar-refractivity contribution in [1.82, 2.24) is 14.7 Å². The van der Waals surface area contributed by atoms with Crippen molar-refractivity contribution in [3.8, 4) is 22.7 Å². The van der Waals surface area contributed by atoms with Crippen LogP contribution < -0.4 is 15.0 Å². The molecule has 36 heavy (non-hydrogen) atoms. The van der Waals surface area contributed by atoms with Crippen LogP contribution in [0.15, 0.2) is 87.3 Å². The van der Waals surface area contributed by atoms with E-state index in [1.807, 2.05) is 0 Å². The SMILES string of the molecule is COc1cc(-c2cc(Cl)ccn2)c(F)cc1-n1c(=O)ccc2cc(S(=O)(=O)Nc3ccon3)ccc21. The van der Waals surface area contributed by atoms with Crippen LogP contribution in [0.1, 0.15) is 0 Å². The Morgan fingerprint density at radius 1 is 1.08 bits per heavy atom. The van der Waals surface area contributed by atoms with Gasteiger partial charge in [0.25, 0.3) is 15.6 Å². The molecule has 0 saturated carbocycles. The minimum absolute atomic E-state index is 0.0227. The summed E-state index contributed by atoms with van der Waals surface area (Å²) in [5.41, 5.74) is 0.440. The molecule has 182 valence electrons. The van der Waals surface area contributed by atoms with Crippen molar-refractivity contribution in [3.63, 3.8) is 0 Å². The van der Waals surface area contributed by atoms with E-state index in [4.69, 9.17) is 16.3 Å². The summed E-state index contributed by atoms with van der Waals surface area (Å²) in [4.78, 5) is 17.0. The molecule has 0 aliphatic rings. The minimum atomic E-state index is -3.98. The lowest BCUT2D eigenvalue weighted by molar-refractivity contribution is 0.412. The van der Waals surface area contributed by atoms with Gasteiger partial charge in [-0.2, -0.15) is 0 Å². The number of sulfonamides is 1. The fraction of sp³-hybridized carbons (Fsp3) is 0.0417. The molecule has 12 heteroatoms. The lowest BCUT2D eigenvalue weighted by Gasteiger charge is -2.16. The zero-order valence-corrected chi connectivity index (χ0v) is 20.0. The third kappa shape index (κ3) is 4.30. The van der Waals surface area contributed by atoms with Crippen LogP contribution in [0.2, 0.25) is 5.02 Å². The van der Waals surface area contributed by atoms with Crippen LogP contribution in [0, 0.1) is 5.82 Å². The highest BCUT2D eigenvalue weighted by molar-refractivity contribution is 7.92. The summed E-state index contributed by atoms with van der Waals surface area (Å²) in [6.45, 7) is 0. The fourth-order valence-corrected chi connectivity index (χ4v) is 4.92. The van der Waals surface area contributed by atoms with Crippen molar-refractivity contribution >= 4 is 38.3 Å². The molecule has 3 heterocycles. The van der Waals surface area contributed by atoms with Gasteiger partial charge in [-0.15, -0.1) is 0 Å². The maximum absolute atomic E-state index is 15.2. The third-order valence-corrected chi connectivity index (χ3v) is 6.95. The summed E-state index contributed by atoms with van der Waals surface area (Å²) in [6, 6.07) is 13.9. The molecular formula is C24H16ClFN4O5S. The molecular weight excluding hydrogens is 511 g/mol. The van der Waals surface area contributed by atoms with E-state index in [9.17, 15) is 13.2 Å². The highest BCUT2D eigenvalue weighted by Crippen LogP contribution is 2.33. The van der Waals surface area contributed by atoms with Crippen LogP contribution >= 0.6 is 11.6 Å². The number of hydrogen-bond donors (Lipinski definition) is 1. The Bertz CT molecular complexity index is 1770. The predicted octanol–water partition coefficient (Wildman–Crippen LogP) is 4.64. The standard InChI is InChI=1S/C24H16ClFN4O5S/c1-34-22-12-17(19-11-15(25)6-8-27-19)18(26)13-21(22)30-20-4-3-16(10-14(20)2-5-24(30)31)36(32,33)29-23-7-9-35-28-23/h2-13H,1H3,(H,28,29). The second-order valence-electron chi connectivity index (χ2n) is 7.58. The fourth-order valence-electron chi connectivity index (χ4n) is 3.73. The number of ether oxygens (including phenoxy) is 1. The van der Waals surface area contributed by atoms with E-state index in [1.165, 1.54) is 72.7 Å². The van der Waals surface area contributed by atoms with Crippen LogP contribution in [0.5, 0.6) is 5.75 Å². The number of hydrogen-bond acceptors (Lipinski definition) is 7. The molecule has 5 aromatic rings. The van der Waals surface area contributed by atoms with Crippen molar-refractivity contribution in [3.05, 3.63) is 94.3 Å². The average Bonchev–Trinajstić information content (AvgIpc) is 3.36. The molecule has 0 amide bonds. The number of methoxy groups -OCH3 is 1. The van der Waals surface area contributed by atoms with E-state index in [2.05, 4.69) is 19.4 Å². The zero-order valence-electron chi connectivity index (χ0n) is 18.5. The summed E-state index contributed by atoms with van der Waals surface area (Å²) in [6.07, 6.45) is 2.69. The van der Waals surface area contributed by atoms with Gasteiger partial charge in [-0.1, -0.05) is 16.8 Å². The van der Waals surface area contributed by atoms with Crippen LogP contribution in [0.25, 0.3) is 27.8 Å². The Hall–Kier alpha value is -4.22. The second-order valence-corrected chi connectivity index (χ2v) is 9.70. The van der Waals surface area contributed by atoms with Crippen molar-refractivity contribution < 1.29 is 22.1 Å². The van der Waals surface area contributed by atoms with Gasteiger partial charge in [0.1, 0.15) is 17.8 Å². The van der Waals surface area contributed by atoms with Crippen molar-refractivity contribution in [2.24, 2.45) is 0 Å². The number of aromatic nitrogens is 3. The van der Waals surface area contributed by atoms with E-state index >= 15 is 4.39 Å². The van der Waals surface area contributed by atoms with Crippen LogP contribution in [0.3, 0.4) is 0 Å². The summed E-state index contributed by atoms with van der Waals surface area (Å²) in [7, 11) is -2.59. The normalized spacial score (nSPS) is 11.5. The molecule has 2 aromatic carbocycles. The lowest BCUT2D eigenvalue weighted by Crippen LogP contribution is -2.19. The molecule has 0 aliphatic carbocycles. The second kappa shape index (κ2) is 9.10. The molecule has 0 bridgehead atoms. The first-order valence-corrected chi connectivity index (χ1v) is 12.2. The lowest BCUT2D eigenvalue weighted by atomic mass is 10.1. The van der Waals surface area contributed by atoms with E-state index in [1.54, 1.807) is 6.07 Å². The minimum Gasteiger partial charge on any atom is -0.495 e. The number of halogens is 2. The van der Waals surface area contributed by atoms with E-state index in [0.717, 1.165) is 6.07 Å². The van der Waals surface area contributed by atoms with Crippen molar-refractivity contribution in [2.45, 2.75) is 4.90 Å². The Morgan fingerprint density at radius 3 is 2.64 bits per heavy atom. The monoisotopic (exact) mass is 526 g/mol. The van der Waals surface area contributed by atoms with Gasteiger partial charge < -0.3 is 9.26 Å². The van der Waals surface area contributed by atoms with Gasteiger partial charge in [-0.05, 0) is 42.5 Å². The summed E-state index contributed by atoms with van der Waals surface area (Å²) >= 11 is 6.02. The first kappa shape index (κ1) is 23.5. The summed E-state index contributed by atoms with van der Waals surface area (Å²) in [5.74, 6) is -0.429. The summed E-state index contributed by atoms with van der Waals surface area (Å²) in [5, 5.41) is 4.35. The molecule has 0 unspecified atom stereocenters. The predicted molar refractivity (Wildman–Crippen MR) is 132 cm³/mol. The van der Waals surface area contributed by atoms with Gasteiger partial charge >= 0.3 is 0 Å². The molecule has 9 nitrogen and oxygen atoms in total. The van der Waals surface area contributed by atoms with Gasteiger partial charge in [-0.3, -0.25) is 19.1 Å². The van der Waals surface area contributed by atoms with Crippen molar-refractivity contribution in [2.75, 3.05) is 11.8 Å². The van der Waals surface area contributed by atoms with Crippen LogP contribution in [-0.2, 0) is 10.0 Å². The van der Waals surface area contributed by atoms with Crippen LogP contribution in [-0.4, -0.2) is 30.2 Å². The largest absolute Gasteiger partial charge is 0.495 e. The van der Waals surface area contributed by atoms with Crippen molar-refractivity contribution in [1.29, 1.82) is 0 Å². The molecule has 0 saturated heterocycles. The number of benzene rings is 2. The van der Waals surface area contributed by atoms with Gasteiger partial charge in [0.05, 0.1) is 28.9 Å². The topological polar surface area (TPSA) is 116 Å². The Kier molecular flexibility index (Phi) is 5.94. The number of nitrogens with one attached hydrogen (secondary N) is 1. The number of anilines is 1. The molecule has 3 aromatic heterocycles. The summed E-state index contributed by atoms with van der Waals surface area (Å²) < 4.78 is 54.4. The molecule has 0 atom stereocenters. The molecule has 0 radical (unpaired) electrons. The number of pyridine rings is 2. The van der Waals surface area contributed by atoms with Crippen LogP contribution in [0.4, 0.5) is 10.2 Å². The maximum atomic E-state index is 15.2. The first-order chi connectivity index (χ1) is 17.3. The highest BCUT2D eigenvalue weighted by atomic mass is 35.5. The van der Waals surface area contributed by atoms with E-state index in [-0.39, 0.29) is 27.7 Å². The average molecular weight is 527 g/mol. The highest BCUT2D eigenvalue weighted by Gasteiger charge is 2.20. The zero-order chi connectivity index (χ0) is 25.4. The van der Waals surface area contributed by atoms with E-state index in [0.29, 0.717) is 21.6 Å². The number of fused-ring (bicyclic) bond motifs is 1. The number of nitrogens with zero attached hydrogens (tertiary/aromatic N) is 3. The maximum Gasteiger partial charge on any atom is 0.263 e. The Morgan fingerprint density at radius 2 is 1.92 bits per heavy atom. The third-order valence-electron chi connectivity index (χ3n) is 5.36. The molecule has 5 rings (SSSR count). The Labute approximate surface area is 208 Å². The van der Waals surface area contributed by atoms with Gasteiger partial charge in [0, 0.05) is 40.4 Å². The van der Waals surface area contributed by atoms with Gasteiger partial charge in [-0.25, -0.2) is 12.8 Å². The smallest absolute Gasteiger partial charge is 0.263 e. The molecule has 0 fully saturated rings. The quantitative estimate of drug-likeness (QED) is 0.342. The molecule has 1 N–H and O–H groups in total.